The Morgan fingerprint density at radius 2 is 1.83 bits per heavy atom. The third-order valence-electron chi connectivity index (χ3n) is 6.80. The molecule has 0 saturated carbocycles. The highest BCUT2D eigenvalue weighted by Crippen LogP contribution is 2.39. The van der Waals surface area contributed by atoms with Crippen LogP contribution in [0, 0.1) is 0 Å². The van der Waals surface area contributed by atoms with Gasteiger partial charge in [-0.1, -0.05) is 6.42 Å². The molecule has 30 heavy (non-hydrogen) atoms. The molecule has 2 aromatic rings. The second-order valence-corrected chi connectivity index (χ2v) is 9.32. The first kappa shape index (κ1) is 23.5. The summed E-state index contributed by atoms with van der Waals surface area (Å²) in [6.45, 7) is 5.54. The van der Waals surface area contributed by atoms with Gasteiger partial charge in [-0.25, -0.2) is 9.97 Å². The molecule has 0 bridgehead atoms. The number of hydrogen-bond acceptors (Lipinski definition) is 7. The molecule has 3 N–H and O–H groups in total. The lowest BCUT2D eigenvalue weighted by Crippen LogP contribution is -2.63. The van der Waals surface area contributed by atoms with E-state index in [-0.39, 0.29) is 30.7 Å². The average Bonchev–Trinajstić information content (AvgIpc) is 3.13. The van der Waals surface area contributed by atoms with Crippen LogP contribution in [0.25, 0.3) is 10.2 Å². The van der Waals surface area contributed by atoms with Crippen LogP contribution < -0.4 is 16.0 Å². The molecule has 7 nitrogen and oxygen atoms in total. The molecular formula is C20H30Cl2N6OS. The Kier molecular flexibility index (Phi) is 7.45. The van der Waals surface area contributed by atoms with E-state index in [2.05, 4.69) is 25.1 Å². The summed E-state index contributed by atoms with van der Waals surface area (Å²) < 4.78 is 0. The fourth-order valence-corrected chi connectivity index (χ4v) is 6.36. The van der Waals surface area contributed by atoms with Crippen LogP contribution in [0.2, 0.25) is 0 Å². The Morgan fingerprint density at radius 1 is 1.10 bits per heavy atom. The summed E-state index contributed by atoms with van der Waals surface area (Å²) >= 11 is 1.78. The van der Waals surface area contributed by atoms with Crippen LogP contribution in [0.3, 0.4) is 0 Å². The second kappa shape index (κ2) is 9.53. The minimum absolute atomic E-state index is 0. The maximum atomic E-state index is 12.5. The van der Waals surface area contributed by atoms with Crippen molar-refractivity contribution < 1.29 is 4.79 Å². The van der Waals surface area contributed by atoms with Crippen molar-refractivity contribution in [3.63, 3.8) is 0 Å². The molecule has 0 radical (unpaired) electrons. The van der Waals surface area contributed by atoms with Crippen LogP contribution in [-0.4, -0.2) is 59.0 Å². The standard InChI is InChI=1S/C20H28N6OS.2ClH/c21-19(27)20(26-8-2-1-3-9-26)5-10-25(11-6-20)17-16-14-4-7-22-12-15(14)28-18(16)24-13-23-17;;/h13,22H,1-12H2,(H2,21,27);2*1H. The molecule has 0 spiro atoms. The number of aromatic nitrogens is 2. The van der Waals surface area contributed by atoms with Crippen LogP contribution in [0.4, 0.5) is 5.82 Å². The fourth-order valence-electron chi connectivity index (χ4n) is 5.21. The number of carbonyl (C=O) groups is 1. The number of fused-ring (bicyclic) bond motifs is 3. The first-order valence-electron chi connectivity index (χ1n) is 10.4. The molecule has 2 aromatic heterocycles. The van der Waals surface area contributed by atoms with Gasteiger partial charge in [-0.2, -0.15) is 0 Å². The van der Waals surface area contributed by atoms with Crippen molar-refractivity contribution in [3.05, 3.63) is 16.8 Å². The molecule has 0 unspecified atom stereocenters. The molecule has 2 saturated heterocycles. The predicted molar refractivity (Wildman–Crippen MR) is 126 cm³/mol. The Labute approximate surface area is 193 Å². The number of amides is 1. The number of carbonyl (C=O) groups excluding carboxylic acids is 1. The van der Waals surface area contributed by atoms with E-state index in [1.807, 2.05) is 0 Å². The van der Waals surface area contributed by atoms with E-state index in [0.29, 0.717) is 0 Å². The van der Waals surface area contributed by atoms with E-state index in [4.69, 9.17) is 5.73 Å². The lowest BCUT2D eigenvalue weighted by Gasteiger charge is -2.48. The number of primary amides is 1. The van der Waals surface area contributed by atoms with Crippen molar-refractivity contribution >= 4 is 58.1 Å². The normalized spacial score (nSPS) is 21.4. The molecule has 166 valence electrons. The zero-order chi connectivity index (χ0) is 19.1. The molecule has 3 aliphatic heterocycles. The SMILES string of the molecule is Cl.Cl.NC(=O)C1(N2CCCCC2)CCN(c2ncnc3sc4c(c23)CCNC4)CC1. The number of likely N-dealkylation sites (tertiary alicyclic amines) is 1. The number of rotatable bonds is 3. The zero-order valence-electron chi connectivity index (χ0n) is 17.1. The fraction of sp³-hybridized carbons (Fsp3) is 0.650. The van der Waals surface area contributed by atoms with Crippen molar-refractivity contribution in [3.8, 4) is 0 Å². The first-order valence-corrected chi connectivity index (χ1v) is 11.3. The van der Waals surface area contributed by atoms with E-state index in [0.717, 1.165) is 69.2 Å². The summed E-state index contributed by atoms with van der Waals surface area (Å²) in [6.07, 6.45) is 7.87. The van der Waals surface area contributed by atoms with Gasteiger partial charge >= 0.3 is 0 Å². The number of thiophene rings is 1. The molecule has 10 heteroatoms. The number of nitrogens with two attached hydrogens (primary N) is 1. The number of halogens is 2. The molecule has 0 atom stereocenters. The molecule has 2 fully saturated rings. The second-order valence-electron chi connectivity index (χ2n) is 8.24. The van der Waals surface area contributed by atoms with Crippen LogP contribution in [-0.2, 0) is 17.8 Å². The predicted octanol–water partition coefficient (Wildman–Crippen LogP) is 2.49. The topological polar surface area (TPSA) is 87.4 Å². The third kappa shape index (κ3) is 3.88. The van der Waals surface area contributed by atoms with Gasteiger partial charge in [0.05, 0.1) is 5.39 Å². The summed E-state index contributed by atoms with van der Waals surface area (Å²) in [7, 11) is 0. The number of hydrogen-bond donors (Lipinski definition) is 2. The molecule has 0 aromatic carbocycles. The number of piperidine rings is 2. The van der Waals surface area contributed by atoms with Gasteiger partial charge < -0.3 is 16.0 Å². The van der Waals surface area contributed by atoms with Gasteiger partial charge in [0.25, 0.3) is 0 Å². The molecule has 5 heterocycles. The van der Waals surface area contributed by atoms with E-state index in [1.54, 1.807) is 17.7 Å². The minimum Gasteiger partial charge on any atom is -0.368 e. The van der Waals surface area contributed by atoms with Gasteiger partial charge in [-0.15, -0.1) is 36.2 Å². The van der Waals surface area contributed by atoms with Gasteiger partial charge in [0, 0.05) is 24.5 Å². The third-order valence-corrected chi connectivity index (χ3v) is 7.94. The summed E-state index contributed by atoms with van der Waals surface area (Å²) in [6, 6.07) is 0. The zero-order valence-corrected chi connectivity index (χ0v) is 19.5. The highest BCUT2D eigenvalue weighted by molar-refractivity contribution is 7.19. The van der Waals surface area contributed by atoms with Crippen molar-refractivity contribution in [2.45, 2.75) is 50.6 Å². The van der Waals surface area contributed by atoms with Crippen LogP contribution in [0.5, 0.6) is 0 Å². The summed E-state index contributed by atoms with van der Waals surface area (Å²) in [5.74, 6) is 0.891. The number of nitrogens with one attached hydrogen (secondary N) is 1. The summed E-state index contributed by atoms with van der Waals surface area (Å²) in [5, 5.41) is 4.68. The highest BCUT2D eigenvalue weighted by atomic mass is 35.5. The van der Waals surface area contributed by atoms with Crippen LogP contribution in [0.15, 0.2) is 6.33 Å². The molecular weight excluding hydrogens is 443 g/mol. The Morgan fingerprint density at radius 3 is 2.53 bits per heavy atom. The van der Waals surface area contributed by atoms with Gasteiger partial charge in [0.15, 0.2) is 0 Å². The van der Waals surface area contributed by atoms with Crippen LogP contribution >= 0.6 is 36.2 Å². The van der Waals surface area contributed by atoms with E-state index in [1.165, 1.54) is 35.1 Å². The van der Waals surface area contributed by atoms with Gasteiger partial charge in [0.2, 0.25) is 5.91 Å². The van der Waals surface area contributed by atoms with E-state index < -0.39 is 5.54 Å². The summed E-state index contributed by atoms with van der Waals surface area (Å²) in [5.41, 5.74) is 6.88. The lowest BCUT2D eigenvalue weighted by molar-refractivity contribution is -0.132. The summed E-state index contributed by atoms with van der Waals surface area (Å²) in [4.78, 5) is 28.9. The first-order chi connectivity index (χ1) is 13.7. The Bertz CT molecular complexity index is 893. The molecule has 1 amide bonds. The largest absolute Gasteiger partial charge is 0.368 e. The van der Waals surface area contributed by atoms with Gasteiger partial charge in [-0.3, -0.25) is 9.69 Å². The monoisotopic (exact) mass is 472 g/mol. The van der Waals surface area contributed by atoms with E-state index >= 15 is 0 Å². The number of nitrogens with zero attached hydrogens (tertiary/aromatic N) is 4. The van der Waals surface area contributed by atoms with Gasteiger partial charge in [-0.05, 0) is 57.3 Å². The Hall–Kier alpha value is -1.19. The molecule has 0 aliphatic carbocycles. The maximum Gasteiger partial charge on any atom is 0.238 e. The highest BCUT2D eigenvalue weighted by Gasteiger charge is 2.45. The average molecular weight is 473 g/mol. The molecule has 5 rings (SSSR count). The lowest BCUT2D eigenvalue weighted by atomic mass is 9.83. The van der Waals surface area contributed by atoms with Gasteiger partial charge in [0.1, 0.15) is 22.5 Å². The number of anilines is 1. The quantitative estimate of drug-likeness (QED) is 0.713. The van der Waals surface area contributed by atoms with Crippen molar-refractivity contribution in [2.75, 3.05) is 37.6 Å². The van der Waals surface area contributed by atoms with Crippen molar-refractivity contribution in [1.82, 2.24) is 20.2 Å². The Balaban J connectivity index is 0.00000128. The van der Waals surface area contributed by atoms with E-state index in [9.17, 15) is 4.79 Å². The van der Waals surface area contributed by atoms with Crippen molar-refractivity contribution in [1.29, 1.82) is 0 Å². The minimum atomic E-state index is -0.485. The van der Waals surface area contributed by atoms with Crippen LogP contribution in [0.1, 0.15) is 42.5 Å². The van der Waals surface area contributed by atoms with Crippen molar-refractivity contribution in [2.24, 2.45) is 5.73 Å². The smallest absolute Gasteiger partial charge is 0.238 e. The molecule has 3 aliphatic rings. The maximum absolute atomic E-state index is 12.5.